The number of hydrogen-bond acceptors (Lipinski definition) is 3. The molecule has 90 valence electrons. The summed E-state index contributed by atoms with van der Waals surface area (Å²) in [6, 6.07) is 0.304. The van der Waals surface area contributed by atoms with Crippen molar-refractivity contribution in [1.29, 1.82) is 0 Å². The second kappa shape index (κ2) is 7.44. The van der Waals surface area contributed by atoms with Gasteiger partial charge in [-0.3, -0.25) is 4.79 Å². The van der Waals surface area contributed by atoms with Gasteiger partial charge in [-0.05, 0) is 31.3 Å². The molecular formula is C11H23NOS2. The van der Waals surface area contributed by atoms with Crippen LogP contribution in [-0.2, 0) is 4.79 Å². The van der Waals surface area contributed by atoms with E-state index in [1.165, 1.54) is 0 Å². The lowest BCUT2D eigenvalue weighted by Crippen LogP contribution is -2.41. The van der Waals surface area contributed by atoms with Crippen LogP contribution in [0.25, 0.3) is 0 Å². The molecule has 0 N–H and O–H groups in total. The van der Waals surface area contributed by atoms with E-state index in [1.54, 1.807) is 0 Å². The Bertz CT molecular complexity index is 197. The lowest BCUT2D eigenvalue weighted by Gasteiger charge is -2.28. The number of carbonyl (C=O) groups excluding carboxylic acids is 1. The molecular weight excluding hydrogens is 226 g/mol. The highest BCUT2D eigenvalue weighted by Gasteiger charge is 2.24. The highest BCUT2D eigenvalue weighted by atomic mass is 32.2. The fraction of sp³-hybridized carbons (Fsp3) is 0.909. The van der Waals surface area contributed by atoms with Crippen molar-refractivity contribution < 1.29 is 4.79 Å². The average Bonchev–Trinajstić information content (AvgIpc) is 2.22. The first-order valence-corrected chi connectivity index (χ1v) is 7.26. The number of thioether (sulfide) groups is 1. The Kier molecular flexibility index (Phi) is 7.53. The molecule has 0 fully saturated rings. The van der Waals surface area contributed by atoms with Gasteiger partial charge >= 0.3 is 0 Å². The number of nitrogens with zero attached hydrogens (tertiary/aromatic N) is 1. The van der Waals surface area contributed by atoms with Gasteiger partial charge in [0, 0.05) is 13.1 Å². The molecule has 0 bridgehead atoms. The number of thiol groups is 1. The van der Waals surface area contributed by atoms with Crippen molar-refractivity contribution in [3.63, 3.8) is 0 Å². The van der Waals surface area contributed by atoms with Gasteiger partial charge in [0.1, 0.15) is 0 Å². The summed E-state index contributed by atoms with van der Waals surface area (Å²) in [6.07, 6.45) is 3.13. The molecule has 0 aromatic carbocycles. The van der Waals surface area contributed by atoms with E-state index in [1.807, 2.05) is 37.6 Å². The number of hydrogen-bond donors (Lipinski definition) is 1. The topological polar surface area (TPSA) is 20.3 Å². The van der Waals surface area contributed by atoms with Crippen molar-refractivity contribution in [1.82, 2.24) is 4.90 Å². The van der Waals surface area contributed by atoms with Crippen molar-refractivity contribution in [3.8, 4) is 0 Å². The van der Waals surface area contributed by atoms with Crippen molar-refractivity contribution in [2.75, 3.05) is 19.1 Å². The van der Waals surface area contributed by atoms with Crippen LogP contribution in [0, 0.1) is 5.92 Å². The normalized spacial score (nSPS) is 15.1. The van der Waals surface area contributed by atoms with Crippen LogP contribution in [0.1, 0.15) is 27.2 Å². The first kappa shape index (κ1) is 15.2. The molecule has 0 heterocycles. The summed E-state index contributed by atoms with van der Waals surface area (Å²) in [5.74, 6) is 1.52. The van der Waals surface area contributed by atoms with Gasteiger partial charge in [-0.1, -0.05) is 13.8 Å². The van der Waals surface area contributed by atoms with Crippen LogP contribution in [0.3, 0.4) is 0 Å². The van der Waals surface area contributed by atoms with E-state index in [-0.39, 0.29) is 17.1 Å². The summed E-state index contributed by atoms with van der Waals surface area (Å²) in [4.78, 5) is 13.8. The number of amides is 1. The molecule has 2 unspecified atom stereocenters. The smallest absolute Gasteiger partial charge is 0.235 e. The Balaban J connectivity index is 4.18. The van der Waals surface area contributed by atoms with Gasteiger partial charge in [0.2, 0.25) is 5.91 Å². The summed E-state index contributed by atoms with van der Waals surface area (Å²) >= 11 is 6.17. The minimum atomic E-state index is -0.174. The molecule has 0 saturated heterocycles. The average molecular weight is 249 g/mol. The summed E-state index contributed by atoms with van der Waals surface area (Å²) < 4.78 is 0. The van der Waals surface area contributed by atoms with E-state index in [9.17, 15) is 4.79 Å². The third-order valence-corrected chi connectivity index (χ3v) is 4.09. The predicted molar refractivity (Wildman–Crippen MR) is 72.8 cm³/mol. The lowest BCUT2D eigenvalue weighted by molar-refractivity contribution is -0.131. The van der Waals surface area contributed by atoms with E-state index >= 15 is 0 Å². The molecule has 15 heavy (non-hydrogen) atoms. The van der Waals surface area contributed by atoms with E-state index in [4.69, 9.17) is 0 Å². The zero-order valence-electron chi connectivity index (χ0n) is 10.4. The van der Waals surface area contributed by atoms with E-state index in [2.05, 4.69) is 25.8 Å². The van der Waals surface area contributed by atoms with Crippen molar-refractivity contribution >= 4 is 30.3 Å². The van der Waals surface area contributed by atoms with E-state index in [0.29, 0.717) is 6.04 Å². The minimum Gasteiger partial charge on any atom is -0.342 e. The third kappa shape index (κ3) is 5.16. The predicted octanol–water partition coefficient (Wildman–Crippen LogP) is 2.54. The van der Waals surface area contributed by atoms with E-state index in [0.717, 1.165) is 12.2 Å². The first-order chi connectivity index (χ1) is 6.91. The molecule has 0 spiro atoms. The lowest BCUT2D eigenvalue weighted by atomic mass is 10.1. The highest BCUT2D eigenvalue weighted by molar-refractivity contribution is 7.98. The SMILES string of the molecule is CSCCC(C)N(C)C(=O)C(S)C(C)C. The fourth-order valence-corrected chi connectivity index (χ4v) is 1.95. The molecule has 0 rings (SSSR count). The molecule has 4 heteroatoms. The van der Waals surface area contributed by atoms with Crippen LogP contribution in [-0.4, -0.2) is 41.2 Å². The van der Waals surface area contributed by atoms with Gasteiger partial charge in [0.25, 0.3) is 0 Å². The summed E-state index contributed by atoms with van der Waals surface area (Å²) in [5, 5.41) is -0.174. The molecule has 0 saturated carbocycles. The number of rotatable bonds is 6. The molecule has 1 amide bonds. The molecule has 0 aromatic rings. The van der Waals surface area contributed by atoms with Gasteiger partial charge in [0.15, 0.2) is 0 Å². The number of carbonyl (C=O) groups is 1. The highest BCUT2D eigenvalue weighted by Crippen LogP contribution is 2.15. The van der Waals surface area contributed by atoms with Crippen LogP contribution < -0.4 is 0 Å². The van der Waals surface area contributed by atoms with Crippen LogP contribution >= 0.6 is 24.4 Å². The quantitative estimate of drug-likeness (QED) is 0.730. The van der Waals surface area contributed by atoms with Crippen LogP contribution in [0.4, 0.5) is 0 Å². The Labute approximate surface area is 104 Å². The van der Waals surface area contributed by atoms with Gasteiger partial charge < -0.3 is 4.90 Å². The molecule has 0 aliphatic carbocycles. The Morgan fingerprint density at radius 2 is 1.93 bits per heavy atom. The third-order valence-electron chi connectivity index (χ3n) is 2.63. The summed E-state index contributed by atoms with van der Waals surface area (Å²) in [5.41, 5.74) is 0. The molecule has 0 radical (unpaired) electrons. The molecule has 0 aliphatic heterocycles. The van der Waals surface area contributed by atoms with Gasteiger partial charge in [0.05, 0.1) is 5.25 Å². The van der Waals surface area contributed by atoms with Crippen molar-refractivity contribution in [3.05, 3.63) is 0 Å². The molecule has 2 atom stereocenters. The second-order valence-electron chi connectivity index (χ2n) is 4.27. The first-order valence-electron chi connectivity index (χ1n) is 5.35. The van der Waals surface area contributed by atoms with Gasteiger partial charge in [-0.15, -0.1) is 0 Å². The maximum Gasteiger partial charge on any atom is 0.235 e. The fourth-order valence-electron chi connectivity index (χ4n) is 1.19. The van der Waals surface area contributed by atoms with Gasteiger partial charge in [-0.2, -0.15) is 24.4 Å². The zero-order valence-corrected chi connectivity index (χ0v) is 12.1. The van der Waals surface area contributed by atoms with Crippen LogP contribution in [0.2, 0.25) is 0 Å². The zero-order chi connectivity index (χ0) is 12.0. The van der Waals surface area contributed by atoms with Crippen LogP contribution in [0.15, 0.2) is 0 Å². The van der Waals surface area contributed by atoms with Crippen molar-refractivity contribution in [2.24, 2.45) is 5.92 Å². The Morgan fingerprint density at radius 1 is 1.40 bits per heavy atom. The molecule has 0 aliphatic rings. The summed E-state index contributed by atoms with van der Waals surface area (Å²) in [7, 11) is 1.87. The second-order valence-corrected chi connectivity index (χ2v) is 5.81. The van der Waals surface area contributed by atoms with Crippen LogP contribution in [0.5, 0.6) is 0 Å². The monoisotopic (exact) mass is 249 g/mol. The van der Waals surface area contributed by atoms with E-state index < -0.39 is 0 Å². The van der Waals surface area contributed by atoms with Gasteiger partial charge in [-0.25, -0.2) is 0 Å². The maximum absolute atomic E-state index is 11.9. The largest absolute Gasteiger partial charge is 0.342 e. The Morgan fingerprint density at radius 3 is 2.33 bits per heavy atom. The Hall–Kier alpha value is 0.170. The summed E-state index contributed by atoms with van der Waals surface area (Å²) in [6.45, 7) is 6.14. The minimum absolute atomic E-state index is 0.141. The van der Waals surface area contributed by atoms with Crippen molar-refractivity contribution in [2.45, 2.75) is 38.5 Å². The maximum atomic E-state index is 11.9. The standard InChI is InChI=1S/C11H23NOS2/c1-8(2)10(14)11(13)12(4)9(3)6-7-15-5/h8-10,14H,6-7H2,1-5H3. The molecule has 2 nitrogen and oxygen atoms in total. The molecule has 0 aromatic heterocycles.